The molecular formula is C14H24N2O2. The zero-order valence-electron chi connectivity index (χ0n) is 11.8. The molecule has 0 aromatic heterocycles. The number of nitrogens with zero attached hydrogens (tertiary/aromatic N) is 1. The summed E-state index contributed by atoms with van der Waals surface area (Å²) in [5.74, 6) is 0. The van der Waals surface area contributed by atoms with E-state index < -0.39 is 0 Å². The first-order chi connectivity index (χ1) is 8.58. The third kappa shape index (κ3) is 4.20. The maximum atomic E-state index is 5.91. The van der Waals surface area contributed by atoms with E-state index in [2.05, 4.69) is 24.8 Å². The highest BCUT2D eigenvalue weighted by Gasteiger charge is 2.14. The fourth-order valence-corrected chi connectivity index (χ4v) is 2.08. The number of ether oxygens (including phenoxy) is 2. The first-order valence-electron chi connectivity index (χ1n) is 6.20. The van der Waals surface area contributed by atoms with Crippen LogP contribution >= 0.6 is 0 Å². The van der Waals surface area contributed by atoms with Gasteiger partial charge in [-0.15, -0.1) is 0 Å². The van der Waals surface area contributed by atoms with Crippen molar-refractivity contribution in [2.24, 2.45) is 0 Å². The van der Waals surface area contributed by atoms with Crippen molar-refractivity contribution in [2.45, 2.75) is 19.9 Å². The third-order valence-corrected chi connectivity index (χ3v) is 2.89. The largest absolute Gasteiger partial charge is 0.399 e. The topological polar surface area (TPSA) is 47.7 Å². The van der Waals surface area contributed by atoms with E-state index in [4.69, 9.17) is 15.2 Å². The van der Waals surface area contributed by atoms with Crippen molar-refractivity contribution in [3.63, 3.8) is 0 Å². The van der Waals surface area contributed by atoms with Crippen LogP contribution in [0.15, 0.2) is 18.2 Å². The van der Waals surface area contributed by atoms with Crippen molar-refractivity contribution in [2.75, 3.05) is 44.6 Å². The van der Waals surface area contributed by atoms with Crippen LogP contribution in [0.1, 0.15) is 12.5 Å². The molecule has 1 unspecified atom stereocenters. The van der Waals surface area contributed by atoms with Crippen molar-refractivity contribution in [1.82, 2.24) is 0 Å². The summed E-state index contributed by atoms with van der Waals surface area (Å²) in [5, 5.41) is 0. The summed E-state index contributed by atoms with van der Waals surface area (Å²) in [4.78, 5) is 2.26. The van der Waals surface area contributed by atoms with Gasteiger partial charge < -0.3 is 20.1 Å². The zero-order valence-corrected chi connectivity index (χ0v) is 11.8. The van der Waals surface area contributed by atoms with E-state index in [1.165, 1.54) is 0 Å². The van der Waals surface area contributed by atoms with Gasteiger partial charge in [-0.1, -0.05) is 0 Å². The molecule has 0 aliphatic rings. The van der Waals surface area contributed by atoms with Crippen LogP contribution in [0.25, 0.3) is 0 Å². The van der Waals surface area contributed by atoms with E-state index in [9.17, 15) is 0 Å². The smallest absolute Gasteiger partial charge is 0.0663 e. The molecule has 0 amide bonds. The van der Waals surface area contributed by atoms with Crippen LogP contribution in [0, 0.1) is 6.92 Å². The highest BCUT2D eigenvalue weighted by Crippen LogP contribution is 2.22. The lowest BCUT2D eigenvalue weighted by Gasteiger charge is -2.31. The minimum absolute atomic E-state index is 0.284. The highest BCUT2D eigenvalue weighted by molar-refractivity contribution is 5.58. The van der Waals surface area contributed by atoms with Crippen molar-refractivity contribution in [1.29, 1.82) is 0 Å². The van der Waals surface area contributed by atoms with Gasteiger partial charge in [0, 0.05) is 38.2 Å². The predicted molar refractivity (Wildman–Crippen MR) is 76.2 cm³/mol. The van der Waals surface area contributed by atoms with Crippen LogP contribution in [-0.4, -0.2) is 40.0 Å². The lowest BCUT2D eigenvalue weighted by Crippen LogP contribution is -2.38. The standard InChI is InChI=1S/C14H24N2O2/c1-11-7-13(15)9-14(8-11)16(5-6-17-3)12(2)10-18-4/h7-9,12H,5-6,10,15H2,1-4H3. The first kappa shape index (κ1) is 14.8. The van der Waals surface area contributed by atoms with Gasteiger partial charge in [0.05, 0.1) is 13.2 Å². The number of aryl methyl sites for hydroxylation is 1. The van der Waals surface area contributed by atoms with E-state index >= 15 is 0 Å². The molecule has 0 spiro atoms. The van der Waals surface area contributed by atoms with E-state index in [-0.39, 0.29) is 6.04 Å². The molecule has 0 saturated carbocycles. The van der Waals surface area contributed by atoms with Gasteiger partial charge in [-0.25, -0.2) is 0 Å². The number of nitrogen functional groups attached to an aromatic ring is 1. The van der Waals surface area contributed by atoms with Crippen molar-refractivity contribution in [3.8, 4) is 0 Å². The minimum atomic E-state index is 0.284. The summed E-state index contributed by atoms with van der Waals surface area (Å²) in [6, 6.07) is 6.39. The summed E-state index contributed by atoms with van der Waals surface area (Å²) in [7, 11) is 3.43. The van der Waals surface area contributed by atoms with Gasteiger partial charge in [0.15, 0.2) is 0 Å². The van der Waals surface area contributed by atoms with Gasteiger partial charge in [-0.05, 0) is 37.6 Å². The maximum Gasteiger partial charge on any atom is 0.0663 e. The van der Waals surface area contributed by atoms with E-state index in [1.807, 2.05) is 12.1 Å². The molecule has 0 radical (unpaired) electrons. The molecule has 0 aliphatic carbocycles. The molecule has 1 aromatic carbocycles. The Morgan fingerprint density at radius 2 is 1.94 bits per heavy atom. The number of hydrogen-bond acceptors (Lipinski definition) is 4. The van der Waals surface area contributed by atoms with Crippen LogP contribution in [0.2, 0.25) is 0 Å². The molecule has 0 saturated heterocycles. The first-order valence-corrected chi connectivity index (χ1v) is 6.20. The maximum absolute atomic E-state index is 5.91. The Morgan fingerprint density at radius 1 is 1.22 bits per heavy atom. The molecule has 0 aliphatic heterocycles. The Labute approximate surface area is 110 Å². The number of methoxy groups -OCH3 is 2. The van der Waals surface area contributed by atoms with Gasteiger partial charge in [0.25, 0.3) is 0 Å². The Hall–Kier alpha value is -1.26. The zero-order chi connectivity index (χ0) is 13.5. The number of anilines is 2. The fraction of sp³-hybridized carbons (Fsp3) is 0.571. The van der Waals surface area contributed by atoms with Crippen molar-refractivity contribution >= 4 is 11.4 Å². The molecular weight excluding hydrogens is 228 g/mol. The third-order valence-electron chi connectivity index (χ3n) is 2.89. The summed E-state index contributed by atoms with van der Waals surface area (Å²) in [6.45, 7) is 6.37. The van der Waals surface area contributed by atoms with Crippen LogP contribution in [0.3, 0.4) is 0 Å². The second-order valence-corrected chi connectivity index (χ2v) is 4.59. The van der Waals surface area contributed by atoms with Gasteiger partial charge in [0.1, 0.15) is 0 Å². The Morgan fingerprint density at radius 3 is 2.50 bits per heavy atom. The van der Waals surface area contributed by atoms with Gasteiger partial charge in [-0.2, -0.15) is 0 Å². The quantitative estimate of drug-likeness (QED) is 0.755. The van der Waals surface area contributed by atoms with Gasteiger partial charge >= 0.3 is 0 Å². The van der Waals surface area contributed by atoms with Gasteiger partial charge in [-0.3, -0.25) is 0 Å². The molecule has 1 atom stereocenters. The average molecular weight is 252 g/mol. The van der Waals surface area contributed by atoms with Crippen LogP contribution < -0.4 is 10.6 Å². The SMILES string of the molecule is COCCN(c1cc(C)cc(N)c1)C(C)COC. The Balaban J connectivity index is 2.92. The van der Waals surface area contributed by atoms with Gasteiger partial charge in [0.2, 0.25) is 0 Å². The second kappa shape index (κ2) is 7.24. The number of rotatable bonds is 7. The van der Waals surface area contributed by atoms with E-state index in [0.717, 1.165) is 23.5 Å². The summed E-state index contributed by atoms with van der Waals surface area (Å²) in [6.07, 6.45) is 0. The lowest BCUT2D eigenvalue weighted by atomic mass is 10.1. The normalized spacial score (nSPS) is 12.4. The van der Waals surface area contributed by atoms with Crippen molar-refractivity contribution < 1.29 is 9.47 Å². The fourth-order valence-electron chi connectivity index (χ4n) is 2.08. The second-order valence-electron chi connectivity index (χ2n) is 4.59. The molecule has 0 bridgehead atoms. The van der Waals surface area contributed by atoms with Crippen LogP contribution in [-0.2, 0) is 9.47 Å². The number of nitrogens with two attached hydrogens (primary N) is 1. The molecule has 2 N–H and O–H groups in total. The van der Waals surface area contributed by atoms with Crippen LogP contribution in [0.4, 0.5) is 11.4 Å². The molecule has 0 fully saturated rings. The predicted octanol–water partition coefficient (Wildman–Crippen LogP) is 2.06. The summed E-state index contributed by atoms with van der Waals surface area (Å²) < 4.78 is 10.4. The Kier molecular flexibility index (Phi) is 5.95. The van der Waals surface area contributed by atoms with Crippen LogP contribution in [0.5, 0.6) is 0 Å². The molecule has 18 heavy (non-hydrogen) atoms. The average Bonchev–Trinajstić information content (AvgIpc) is 2.28. The van der Waals surface area contributed by atoms with E-state index in [1.54, 1.807) is 14.2 Å². The van der Waals surface area contributed by atoms with Crippen molar-refractivity contribution in [3.05, 3.63) is 23.8 Å². The molecule has 0 heterocycles. The van der Waals surface area contributed by atoms with E-state index in [0.29, 0.717) is 13.2 Å². The molecule has 4 nitrogen and oxygen atoms in total. The molecule has 4 heteroatoms. The number of hydrogen-bond donors (Lipinski definition) is 1. The Bertz CT molecular complexity index is 349. The number of benzene rings is 1. The minimum Gasteiger partial charge on any atom is -0.399 e. The summed E-state index contributed by atoms with van der Waals surface area (Å²) in [5.41, 5.74) is 8.98. The molecule has 1 aromatic rings. The molecule has 1 rings (SSSR count). The molecule has 102 valence electrons. The lowest BCUT2D eigenvalue weighted by molar-refractivity contribution is 0.171. The summed E-state index contributed by atoms with van der Waals surface area (Å²) >= 11 is 0. The monoisotopic (exact) mass is 252 g/mol. The highest BCUT2D eigenvalue weighted by atomic mass is 16.5.